The Hall–Kier alpha value is -2.23. The minimum atomic E-state index is -0.683. The maximum Gasteiger partial charge on any atom is 0.135 e. The molecule has 0 amide bonds. The van der Waals surface area contributed by atoms with Gasteiger partial charge in [-0.3, -0.25) is 0 Å². The van der Waals surface area contributed by atoms with Crippen LogP contribution in [-0.4, -0.2) is 26.4 Å². The van der Waals surface area contributed by atoms with Crippen LogP contribution >= 0.6 is 0 Å². The van der Waals surface area contributed by atoms with Crippen LogP contribution < -0.4 is 0 Å². The van der Waals surface area contributed by atoms with Gasteiger partial charge in [0.05, 0.1) is 24.3 Å². The molecule has 2 rings (SSSR count). The molecule has 0 aliphatic rings. The first-order valence-corrected chi connectivity index (χ1v) is 5.64. The van der Waals surface area contributed by atoms with E-state index in [0.29, 0.717) is 5.82 Å². The number of aliphatic hydroxyl groups is 2. The van der Waals surface area contributed by atoms with Gasteiger partial charge in [0, 0.05) is 18.0 Å². The molecule has 1 aromatic heterocycles. The lowest BCUT2D eigenvalue weighted by Gasteiger charge is -2.19. The summed E-state index contributed by atoms with van der Waals surface area (Å²) in [5.41, 5.74) is 0.458. The molecule has 0 fully saturated rings. The summed E-state index contributed by atoms with van der Waals surface area (Å²) >= 11 is 0. The van der Waals surface area contributed by atoms with Gasteiger partial charge in [0.1, 0.15) is 18.2 Å². The molecule has 0 saturated heterocycles. The number of nitrogens with zero attached hydrogens (tertiary/aromatic N) is 3. The number of aromatic nitrogens is 2. The summed E-state index contributed by atoms with van der Waals surface area (Å²) in [4.78, 5) is 3.92. The van der Waals surface area contributed by atoms with Crippen LogP contribution in [0.4, 0.5) is 4.39 Å². The Bertz CT molecular complexity index is 619. The van der Waals surface area contributed by atoms with Crippen molar-refractivity contribution in [2.45, 2.75) is 12.6 Å². The van der Waals surface area contributed by atoms with Crippen molar-refractivity contribution in [3.63, 3.8) is 0 Å². The molecule has 98 valence electrons. The maximum atomic E-state index is 13.9. The van der Waals surface area contributed by atoms with E-state index >= 15 is 0 Å². The lowest BCUT2D eigenvalue weighted by Crippen LogP contribution is -2.18. The van der Waals surface area contributed by atoms with E-state index in [1.54, 1.807) is 6.20 Å². The van der Waals surface area contributed by atoms with Crippen LogP contribution in [-0.2, 0) is 6.61 Å². The van der Waals surface area contributed by atoms with Gasteiger partial charge < -0.3 is 14.8 Å². The summed E-state index contributed by atoms with van der Waals surface area (Å²) in [6.45, 7) is -0.645. The van der Waals surface area contributed by atoms with E-state index in [2.05, 4.69) is 4.98 Å². The second kappa shape index (κ2) is 5.61. The highest BCUT2D eigenvalue weighted by Crippen LogP contribution is 2.23. The van der Waals surface area contributed by atoms with E-state index < -0.39 is 11.9 Å². The summed E-state index contributed by atoms with van der Waals surface area (Å²) in [6.07, 6.45) is 3.03. The van der Waals surface area contributed by atoms with Crippen molar-refractivity contribution in [3.8, 4) is 6.07 Å². The normalized spacial score (nSPS) is 12.1. The Morgan fingerprint density at radius 1 is 1.42 bits per heavy atom. The van der Waals surface area contributed by atoms with Gasteiger partial charge in [0.25, 0.3) is 0 Å². The van der Waals surface area contributed by atoms with Gasteiger partial charge in [-0.1, -0.05) is 6.07 Å². The van der Waals surface area contributed by atoms with E-state index in [-0.39, 0.29) is 24.3 Å². The standard InChI is InChI=1S/C13H12FN3O2/c14-11-5-9(6-15)1-2-10(11)12(7-18)17-4-3-16-13(17)8-19/h1-5,12,18-19H,7-8H2/t12-/m0/s1. The van der Waals surface area contributed by atoms with Crippen molar-refractivity contribution in [2.24, 2.45) is 0 Å². The summed E-state index contributed by atoms with van der Waals surface area (Å²) in [6, 6.07) is 5.22. The smallest absolute Gasteiger partial charge is 0.135 e. The molecule has 1 heterocycles. The fraction of sp³-hybridized carbons (Fsp3) is 0.231. The number of halogens is 1. The van der Waals surface area contributed by atoms with Crippen LogP contribution in [0.15, 0.2) is 30.6 Å². The molecular formula is C13H12FN3O2. The molecule has 0 saturated carbocycles. The van der Waals surface area contributed by atoms with Gasteiger partial charge in [-0.15, -0.1) is 0 Å². The Balaban J connectivity index is 2.46. The lowest BCUT2D eigenvalue weighted by molar-refractivity contribution is 0.226. The van der Waals surface area contributed by atoms with Gasteiger partial charge in [-0.2, -0.15) is 5.26 Å². The Morgan fingerprint density at radius 3 is 2.79 bits per heavy atom. The molecular weight excluding hydrogens is 249 g/mol. The third kappa shape index (κ3) is 2.47. The SMILES string of the molecule is N#Cc1ccc([C@H](CO)n2ccnc2CO)c(F)c1. The van der Waals surface area contributed by atoms with E-state index in [1.807, 2.05) is 6.07 Å². The van der Waals surface area contributed by atoms with Crippen LogP contribution in [0.25, 0.3) is 0 Å². The molecule has 0 spiro atoms. The lowest BCUT2D eigenvalue weighted by atomic mass is 10.0. The predicted molar refractivity (Wildman–Crippen MR) is 64.5 cm³/mol. The molecule has 19 heavy (non-hydrogen) atoms. The quantitative estimate of drug-likeness (QED) is 0.859. The van der Waals surface area contributed by atoms with Gasteiger partial charge >= 0.3 is 0 Å². The third-order valence-corrected chi connectivity index (χ3v) is 2.89. The van der Waals surface area contributed by atoms with Gasteiger partial charge in [-0.25, -0.2) is 9.37 Å². The molecule has 5 nitrogen and oxygen atoms in total. The van der Waals surface area contributed by atoms with Crippen molar-refractivity contribution in [2.75, 3.05) is 6.61 Å². The fourth-order valence-corrected chi connectivity index (χ4v) is 1.95. The summed E-state index contributed by atoms with van der Waals surface area (Å²) in [5.74, 6) is -0.238. The molecule has 1 atom stereocenters. The molecule has 2 aromatic rings. The number of hydrogen-bond acceptors (Lipinski definition) is 4. The highest BCUT2D eigenvalue weighted by Gasteiger charge is 2.19. The van der Waals surface area contributed by atoms with Crippen molar-refractivity contribution >= 4 is 0 Å². The third-order valence-electron chi connectivity index (χ3n) is 2.89. The Morgan fingerprint density at radius 2 is 2.21 bits per heavy atom. The van der Waals surface area contributed by atoms with E-state index in [4.69, 9.17) is 10.4 Å². The second-order valence-electron chi connectivity index (χ2n) is 3.96. The van der Waals surface area contributed by atoms with Crippen LogP contribution in [0.3, 0.4) is 0 Å². The van der Waals surface area contributed by atoms with Crippen LogP contribution in [0, 0.1) is 17.1 Å². The summed E-state index contributed by atoms with van der Waals surface area (Å²) < 4.78 is 15.4. The first kappa shape index (κ1) is 13.2. The molecule has 0 aliphatic carbocycles. The number of hydrogen-bond donors (Lipinski definition) is 2. The highest BCUT2D eigenvalue weighted by molar-refractivity contribution is 5.34. The molecule has 1 aromatic carbocycles. The van der Waals surface area contributed by atoms with E-state index in [0.717, 1.165) is 6.07 Å². The molecule has 0 bridgehead atoms. The zero-order valence-electron chi connectivity index (χ0n) is 9.99. The monoisotopic (exact) mass is 261 g/mol. The maximum absolute atomic E-state index is 13.9. The van der Waals surface area contributed by atoms with Gasteiger partial charge in [0.15, 0.2) is 0 Å². The van der Waals surface area contributed by atoms with Gasteiger partial charge in [-0.05, 0) is 12.1 Å². The number of benzene rings is 1. The van der Waals surface area contributed by atoms with E-state index in [9.17, 15) is 9.50 Å². The number of nitriles is 1. The minimum Gasteiger partial charge on any atom is -0.394 e. The fourth-order valence-electron chi connectivity index (χ4n) is 1.95. The average molecular weight is 261 g/mol. The Labute approximate surface area is 109 Å². The van der Waals surface area contributed by atoms with Crippen molar-refractivity contribution in [1.82, 2.24) is 9.55 Å². The van der Waals surface area contributed by atoms with Crippen LogP contribution in [0.2, 0.25) is 0 Å². The number of imidazole rings is 1. The molecule has 2 N–H and O–H groups in total. The van der Waals surface area contributed by atoms with Crippen LogP contribution in [0.1, 0.15) is 23.0 Å². The van der Waals surface area contributed by atoms with Crippen molar-refractivity contribution in [3.05, 3.63) is 53.4 Å². The number of rotatable bonds is 4. The molecule has 0 radical (unpaired) electrons. The minimum absolute atomic E-state index is 0.214. The van der Waals surface area contributed by atoms with E-state index in [1.165, 1.54) is 22.9 Å². The first-order valence-electron chi connectivity index (χ1n) is 5.64. The van der Waals surface area contributed by atoms with Gasteiger partial charge in [0.2, 0.25) is 0 Å². The first-order chi connectivity index (χ1) is 9.21. The largest absolute Gasteiger partial charge is 0.394 e. The zero-order valence-corrected chi connectivity index (χ0v) is 9.99. The second-order valence-corrected chi connectivity index (χ2v) is 3.96. The molecule has 6 heteroatoms. The van der Waals surface area contributed by atoms with Crippen molar-refractivity contribution in [1.29, 1.82) is 5.26 Å². The highest BCUT2D eigenvalue weighted by atomic mass is 19.1. The zero-order chi connectivity index (χ0) is 13.8. The molecule has 0 aliphatic heterocycles. The Kier molecular flexibility index (Phi) is 3.90. The van der Waals surface area contributed by atoms with Crippen LogP contribution in [0.5, 0.6) is 0 Å². The average Bonchev–Trinajstić information content (AvgIpc) is 2.89. The molecule has 0 unspecified atom stereocenters. The summed E-state index contributed by atoms with van der Waals surface area (Å²) in [7, 11) is 0. The van der Waals surface area contributed by atoms with Crippen molar-refractivity contribution < 1.29 is 14.6 Å². The topological polar surface area (TPSA) is 82.1 Å². The predicted octanol–water partition coefficient (Wildman–Crippen LogP) is 0.968. The summed E-state index contributed by atoms with van der Waals surface area (Å²) in [5, 5.41) is 27.3. The number of aliphatic hydroxyl groups excluding tert-OH is 2.